The molecule has 1 N–H and O–H groups in total. The first-order valence-corrected chi connectivity index (χ1v) is 22.2. The van der Waals surface area contributed by atoms with Gasteiger partial charge in [0.1, 0.15) is 6.10 Å². The monoisotopic (exact) mass is 747 g/mol. The van der Waals surface area contributed by atoms with Gasteiger partial charge in [-0.3, -0.25) is 9.59 Å². The van der Waals surface area contributed by atoms with Gasteiger partial charge >= 0.3 is 11.9 Å². The van der Waals surface area contributed by atoms with E-state index in [0.717, 1.165) is 116 Å². The van der Waals surface area contributed by atoms with Crippen molar-refractivity contribution in [3.8, 4) is 0 Å². The molecule has 0 aromatic carbocycles. The fraction of sp³-hybridized carbons (Fsp3) is 0.640. The first-order valence-electron chi connectivity index (χ1n) is 22.2. The first kappa shape index (κ1) is 50.9. The lowest BCUT2D eigenvalue weighted by Gasteiger charge is -2.17. The van der Waals surface area contributed by atoms with Crippen LogP contribution in [0, 0.1) is 0 Å². The molecule has 0 saturated carbocycles. The van der Waals surface area contributed by atoms with Crippen LogP contribution in [0.3, 0.4) is 0 Å². The lowest BCUT2D eigenvalue weighted by molar-refractivity contribution is -0.150. The summed E-state index contributed by atoms with van der Waals surface area (Å²) < 4.78 is 5.98. The topological polar surface area (TPSA) is 63.6 Å². The van der Waals surface area contributed by atoms with Gasteiger partial charge in [0.05, 0.1) is 0 Å². The molecule has 0 heterocycles. The summed E-state index contributed by atoms with van der Waals surface area (Å²) in [5, 5.41) is 8.84. The van der Waals surface area contributed by atoms with E-state index in [1.807, 2.05) is 0 Å². The van der Waals surface area contributed by atoms with E-state index in [0.29, 0.717) is 6.42 Å². The van der Waals surface area contributed by atoms with E-state index in [-0.39, 0.29) is 18.5 Å². The van der Waals surface area contributed by atoms with Gasteiger partial charge in [0.15, 0.2) is 0 Å². The van der Waals surface area contributed by atoms with Crippen LogP contribution in [0.15, 0.2) is 97.2 Å². The highest BCUT2D eigenvalue weighted by Crippen LogP contribution is 2.17. The fourth-order valence-electron chi connectivity index (χ4n) is 6.11. The minimum absolute atomic E-state index is 0.0301. The molecule has 0 aromatic rings. The molecule has 4 heteroatoms. The maximum absolute atomic E-state index is 12.7. The number of carboxylic acid groups (broad SMARTS) is 1. The van der Waals surface area contributed by atoms with E-state index in [2.05, 4.69) is 111 Å². The number of hydrogen-bond acceptors (Lipinski definition) is 3. The number of esters is 1. The highest BCUT2D eigenvalue weighted by atomic mass is 16.5. The molecule has 0 rings (SSSR count). The van der Waals surface area contributed by atoms with Crippen LogP contribution >= 0.6 is 0 Å². The first-order chi connectivity index (χ1) is 26.6. The predicted molar refractivity (Wildman–Crippen MR) is 236 cm³/mol. The third-order valence-corrected chi connectivity index (χ3v) is 9.31. The molecule has 0 aliphatic heterocycles. The number of carboxylic acids is 1. The quantitative estimate of drug-likeness (QED) is 0.0386. The van der Waals surface area contributed by atoms with E-state index in [1.54, 1.807) is 0 Å². The molecule has 306 valence electrons. The van der Waals surface area contributed by atoms with Gasteiger partial charge in [-0.25, -0.2) is 0 Å². The fourth-order valence-corrected chi connectivity index (χ4v) is 6.11. The molecule has 0 saturated heterocycles. The van der Waals surface area contributed by atoms with E-state index in [1.165, 1.54) is 57.8 Å². The van der Waals surface area contributed by atoms with E-state index >= 15 is 0 Å². The summed E-state index contributed by atoms with van der Waals surface area (Å²) >= 11 is 0. The molecule has 0 aromatic heterocycles. The predicted octanol–water partition coefficient (Wildman–Crippen LogP) is 15.8. The van der Waals surface area contributed by atoms with Gasteiger partial charge < -0.3 is 9.84 Å². The van der Waals surface area contributed by atoms with Crippen molar-refractivity contribution in [2.75, 3.05) is 0 Å². The summed E-state index contributed by atoms with van der Waals surface area (Å²) in [6, 6.07) is 0. The molecule has 1 atom stereocenters. The standard InChI is InChI=1S/C50H82O4/c1-3-5-7-9-11-13-15-17-18-19-20-21-22-23-24-25-26-28-30-32-34-39-43-47-50(53)54-48(45-41-37-35-38-42-46-49(51)52)44-40-36-33-31-29-27-16-14-12-10-8-6-4-2/h5-8,11-14,17-18,20-21,27,29,33,36,48H,3-4,9-10,15-16,19,22-26,28,30-32,34-35,37-47H2,1-2H3,(H,51,52)/b7-5-,8-6-,13-11-,14-12-,18-17-,21-20-,29-27-,36-33-. The highest BCUT2D eigenvalue weighted by Gasteiger charge is 2.13. The summed E-state index contributed by atoms with van der Waals surface area (Å²) in [6.45, 7) is 4.32. The smallest absolute Gasteiger partial charge is 0.306 e. The minimum Gasteiger partial charge on any atom is -0.481 e. The summed E-state index contributed by atoms with van der Waals surface area (Å²) in [6.07, 6.45) is 65.8. The zero-order chi connectivity index (χ0) is 39.3. The maximum Gasteiger partial charge on any atom is 0.306 e. The molecule has 54 heavy (non-hydrogen) atoms. The summed E-state index contributed by atoms with van der Waals surface area (Å²) in [5.41, 5.74) is 0. The number of allylic oxidation sites excluding steroid dienone is 16. The second-order valence-corrected chi connectivity index (χ2v) is 14.5. The van der Waals surface area contributed by atoms with Crippen molar-refractivity contribution in [3.05, 3.63) is 97.2 Å². The van der Waals surface area contributed by atoms with Crippen molar-refractivity contribution >= 4 is 11.9 Å². The SMILES string of the molecule is CC/C=C\C/C=C\C/C=C\C/C=C\CCCCCCCCCCCCC(=O)OC(CC/C=C\C/C=C\C/C=C\C/C=C\CC)CCCCCCCC(=O)O. The Morgan fingerprint density at radius 2 is 0.759 bits per heavy atom. The Morgan fingerprint density at radius 3 is 1.20 bits per heavy atom. The third kappa shape index (κ3) is 43.3. The van der Waals surface area contributed by atoms with Crippen molar-refractivity contribution in [2.45, 2.75) is 206 Å². The van der Waals surface area contributed by atoms with Gasteiger partial charge in [-0.2, -0.15) is 0 Å². The van der Waals surface area contributed by atoms with Crippen LogP contribution in [0.25, 0.3) is 0 Å². The maximum atomic E-state index is 12.7. The van der Waals surface area contributed by atoms with Crippen LogP contribution in [0.2, 0.25) is 0 Å². The summed E-state index contributed by atoms with van der Waals surface area (Å²) in [4.78, 5) is 23.5. The number of unbranched alkanes of at least 4 members (excludes halogenated alkanes) is 14. The van der Waals surface area contributed by atoms with Crippen molar-refractivity contribution in [1.82, 2.24) is 0 Å². The van der Waals surface area contributed by atoms with Gasteiger partial charge in [0, 0.05) is 12.8 Å². The number of hydrogen-bond donors (Lipinski definition) is 1. The largest absolute Gasteiger partial charge is 0.481 e. The van der Waals surface area contributed by atoms with Gasteiger partial charge in [-0.15, -0.1) is 0 Å². The van der Waals surface area contributed by atoms with Gasteiger partial charge in [0.2, 0.25) is 0 Å². The molecule has 0 aliphatic carbocycles. The molecule has 0 radical (unpaired) electrons. The molecule has 0 amide bonds. The van der Waals surface area contributed by atoms with Crippen molar-refractivity contribution < 1.29 is 19.4 Å². The lowest BCUT2D eigenvalue weighted by Crippen LogP contribution is -2.18. The zero-order valence-electron chi connectivity index (χ0n) is 35.0. The van der Waals surface area contributed by atoms with Crippen molar-refractivity contribution in [2.24, 2.45) is 0 Å². The Labute approximate surface area is 333 Å². The number of rotatable bonds is 39. The molecular weight excluding hydrogens is 665 g/mol. The number of aliphatic carboxylic acids is 1. The van der Waals surface area contributed by atoms with Crippen LogP contribution in [0.1, 0.15) is 200 Å². The second-order valence-electron chi connectivity index (χ2n) is 14.5. The van der Waals surface area contributed by atoms with Crippen LogP contribution in [-0.4, -0.2) is 23.1 Å². The van der Waals surface area contributed by atoms with Crippen molar-refractivity contribution in [3.63, 3.8) is 0 Å². The second kappa shape index (κ2) is 44.3. The Balaban J connectivity index is 4.05. The van der Waals surface area contributed by atoms with Gasteiger partial charge in [0.25, 0.3) is 0 Å². The number of carbonyl (C=O) groups excluding carboxylic acids is 1. The molecule has 4 nitrogen and oxygen atoms in total. The van der Waals surface area contributed by atoms with E-state index < -0.39 is 5.97 Å². The molecule has 0 fully saturated rings. The lowest BCUT2D eigenvalue weighted by atomic mass is 10.0. The minimum atomic E-state index is -0.715. The molecule has 0 spiro atoms. The summed E-state index contributed by atoms with van der Waals surface area (Å²) in [7, 11) is 0. The van der Waals surface area contributed by atoms with Crippen LogP contribution in [0.4, 0.5) is 0 Å². The highest BCUT2D eigenvalue weighted by molar-refractivity contribution is 5.69. The normalized spacial score (nSPS) is 13.2. The Morgan fingerprint density at radius 1 is 0.407 bits per heavy atom. The Hall–Kier alpha value is -3.14. The number of carbonyl (C=O) groups is 2. The summed E-state index contributed by atoms with van der Waals surface area (Å²) in [5.74, 6) is -0.759. The van der Waals surface area contributed by atoms with Crippen LogP contribution in [0.5, 0.6) is 0 Å². The number of ether oxygens (including phenoxy) is 1. The molecule has 0 aliphatic rings. The van der Waals surface area contributed by atoms with Gasteiger partial charge in [-0.05, 0) is 103 Å². The van der Waals surface area contributed by atoms with Crippen molar-refractivity contribution in [1.29, 1.82) is 0 Å². The van der Waals surface area contributed by atoms with Gasteiger partial charge in [-0.1, -0.05) is 182 Å². The Kier molecular flexibility index (Phi) is 41.7. The average molecular weight is 747 g/mol. The van der Waals surface area contributed by atoms with Crippen LogP contribution < -0.4 is 0 Å². The molecule has 0 bridgehead atoms. The third-order valence-electron chi connectivity index (χ3n) is 9.31. The molecule has 1 unspecified atom stereocenters. The van der Waals surface area contributed by atoms with Crippen LogP contribution in [-0.2, 0) is 14.3 Å². The van der Waals surface area contributed by atoms with E-state index in [4.69, 9.17) is 9.84 Å². The molecular formula is C50H82O4. The Bertz CT molecular complexity index is 1070. The zero-order valence-corrected chi connectivity index (χ0v) is 35.0. The van der Waals surface area contributed by atoms with E-state index in [9.17, 15) is 9.59 Å². The average Bonchev–Trinajstić information content (AvgIpc) is 3.16.